The van der Waals surface area contributed by atoms with Gasteiger partial charge < -0.3 is 15.1 Å². The Morgan fingerprint density at radius 2 is 1.90 bits per heavy atom. The first-order chi connectivity index (χ1) is 15.1. The van der Waals surface area contributed by atoms with Crippen molar-refractivity contribution >= 4 is 22.7 Å². The second-order valence-corrected chi connectivity index (χ2v) is 9.87. The van der Waals surface area contributed by atoms with Crippen molar-refractivity contribution in [1.29, 1.82) is 0 Å². The molecule has 2 aromatic rings. The molecule has 2 atom stereocenters. The van der Waals surface area contributed by atoms with Gasteiger partial charge in [-0.15, -0.1) is 0 Å². The Bertz CT molecular complexity index is 860. The maximum Gasteiger partial charge on any atom is 0.223 e. The normalized spacial score (nSPS) is 21.6. The Kier molecular flexibility index (Phi) is 7.26. The van der Waals surface area contributed by atoms with Crippen molar-refractivity contribution in [2.75, 3.05) is 37.4 Å². The summed E-state index contributed by atoms with van der Waals surface area (Å²) in [4.78, 5) is 19.6. The highest BCUT2D eigenvalue weighted by atomic mass is 15.2. The summed E-state index contributed by atoms with van der Waals surface area (Å²) < 4.78 is 0. The minimum absolute atomic E-state index is 0.379. The summed E-state index contributed by atoms with van der Waals surface area (Å²) in [6.45, 7) is 6.51. The van der Waals surface area contributed by atoms with E-state index in [-0.39, 0.29) is 0 Å². The maximum atomic E-state index is 5.08. The van der Waals surface area contributed by atoms with E-state index >= 15 is 0 Å². The van der Waals surface area contributed by atoms with E-state index in [1.807, 2.05) is 6.20 Å². The van der Waals surface area contributed by atoms with Gasteiger partial charge >= 0.3 is 0 Å². The van der Waals surface area contributed by atoms with Crippen molar-refractivity contribution in [2.45, 2.75) is 89.6 Å². The van der Waals surface area contributed by atoms with Crippen molar-refractivity contribution < 1.29 is 0 Å². The van der Waals surface area contributed by atoms with Crippen molar-refractivity contribution in [3.63, 3.8) is 0 Å². The molecule has 0 amide bonds. The van der Waals surface area contributed by atoms with Crippen LogP contribution >= 0.6 is 0 Å². The van der Waals surface area contributed by atoms with Crippen molar-refractivity contribution in [1.82, 2.24) is 19.9 Å². The molecule has 4 rings (SSSR count). The van der Waals surface area contributed by atoms with Gasteiger partial charge in [-0.3, -0.25) is 0 Å². The zero-order valence-corrected chi connectivity index (χ0v) is 19.9. The van der Waals surface area contributed by atoms with Crippen LogP contribution in [-0.2, 0) is 0 Å². The fourth-order valence-electron chi connectivity index (χ4n) is 5.35. The quantitative estimate of drug-likeness (QED) is 0.659. The molecule has 2 aliphatic rings. The van der Waals surface area contributed by atoms with Gasteiger partial charge in [0.2, 0.25) is 5.95 Å². The van der Waals surface area contributed by atoms with Crippen LogP contribution in [0, 0.1) is 0 Å². The predicted molar refractivity (Wildman–Crippen MR) is 130 cm³/mol. The third-order valence-electron chi connectivity index (χ3n) is 7.20. The highest BCUT2D eigenvalue weighted by Crippen LogP contribution is 2.38. The van der Waals surface area contributed by atoms with Crippen molar-refractivity contribution in [3.8, 4) is 0 Å². The zero-order valence-electron chi connectivity index (χ0n) is 19.9. The highest BCUT2D eigenvalue weighted by molar-refractivity contribution is 5.92. The minimum atomic E-state index is 0.379. The molecule has 1 saturated heterocycles. The Morgan fingerprint density at radius 1 is 1.10 bits per heavy atom. The van der Waals surface area contributed by atoms with E-state index in [2.05, 4.69) is 49.3 Å². The number of rotatable bonds is 7. The molecule has 6 heteroatoms. The lowest BCUT2D eigenvalue weighted by Gasteiger charge is -2.37. The monoisotopic (exact) mass is 424 g/mol. The number of nitrogens with zero attached hydrogens (tertiary/aromatic N) is 5. The van der Waals surface area contributed by atoms with Crippen LogP contribution in [0.25, 0.3) is 10.9 Å². The Morgan fingerprint density at radius 3 is 2.65 bits per heavy atom. The van der Waals surface area contributed by atoms with E-state index in [0.29, 0.717) is 18.0 Å². The maximum absolute atomic E-state index is 5.08. The van der Waals surface area contributed by atoms with Gasteiger partial charge in [0.25, 0.3) is 0 Å². The van der Waals surface area contributed by atoms with E-state index in [1.165, 1.54) is 50.5 Å². The summed E-state index contributed by atoms with van der Waals surface area (Å²) in [5.74, 6) is 2.39. The zero-order chi connectivity index (χ0) is 21.8. The molecule has 0 radical (unpaired) electrons. The van der Waals surface area contributed by atoms with E-state index < -0.39 is 0 Å². The van der Waals surface area contributed by atoms with Crippen LogP contribution in [0.5, 0.6) is 0 Å². The lowest BCUT2D eigenvalue weighted by atomic mass is 9.84. The number of fused-ring (bicyclic) bond motifs is 1. The first-order valence-corrected chi connectivity index (χ1v) is 12.4. The number of pyridine rings is 1. The average molecular weight is 425 g/mol. The summed E-state index contributed by atoms with van der Waals surface area (Å²) in [5, 5.41) is 4.64. The third kappa shape index (κ3) is 5.11. The summed E-state index contributed by atoms with van der Waals surface area (Å²) in [6, 6.07) is 0.949. The number of hydrogen-bond acceptors (Lipinski definition) is 6. The summed E-state index contributed by atoms with van der Waals surface area (Å²) in [6.07, 6.45) is 15.4. The third-order valence-corrected chi connectivity index (χ3v) is 7.20. The minimum Gasteiger partial charge on any atom is -0.354 e. The molecule has 0 spiro atoms. The molecule has 170 valence electrons. The van der Waals surface area contributed by atoms with Crippen LogP contribution < -0.4 is 10.2 Å². The van der Waals surface area contributed by atoms with Gasteiger partial charge in [-0.25, -0.2) is 15.0 Å². The molecule has 1 aliphatic carbocycles. The van der Waals surface area contributed by atoms with E-state index in [9.17, 15) is 0 Å². The largest absolute Gasteiger partial charge is 0.354 e. The molecular formula is C25H40N6. The van der Waals surface area contributed by atoms with Gasteiger partial charge in [0, 0.05) is 43.1 Å². The van der Waals surface area contributed by atoms with Gasteiger partial charge in [0.1, 0.15) is 5.82 Å². The fourth-order valence-corrected chi connectivity index (χ4v) is 5.35. The molecule has 31 heavy (non-hydrogen) atoms. The van der Waals surface area contributed by atoms with Crippen LogP contribution in [0.3, 0.4) is 0 Å². The van der Waals surface area contributed by atoms with Crippen molar-refractivity contribution in [2.24, 2.45) is 0 Å². The number of piperidine rings is 1. The summed E-state index contributed by atoms with van der Waals surface area (Å²) >= 11 is 0. The van der Waals surface area contributed by atoms with Crippen LogP contribution in [0.2, 0.25) is 0 Å². The molecule has 1 N–H and O–H groups in total. The topological polar surface area (TPSA) is 57.2 Å². The molecule has 0 aromatic carbocycles. The number of aromatic nitrogens is 3. The predicted octanol–water partition coefficient (Wildman–Crippen LogP) is 5.20. The number of hydrogen-bond donors (Lipinski definition) is 1. The first kappa shape index (κ1) is 22.3. The van der Waals surface area contributed by atoms with Gasteiger partial charge in [-0.05, 0) is 59.0 Å². The number of nitrogens with one attached hydrogen (secondary N) is 1. The average Bonchev–Trinajstić information content (AvgIpc) is 2.79. The SMILES string of the molecule is CCCC(C)Nc1ncc2c(N3CCC[C@H](N(C)C)C3)ncc(C3CCCCC3)c2n1. The molecule has 2 aromatic heterocycles. The van der Waals surface area contributed by atoms with Crippen LogP contribution in [-0.4, -0.2) is 59.1 Å². The second-order valence-electron chi connectivity index (χ2n) is 9.87. The lowest BCUT2D eigenvalue weighted by molar-refractivity contribution is 0.257. The molecule has 1 saturated carbocycles. The number of anilines is 2. The first-order valence-electron chi connectivity index (χ1n) is 12.4. The van der Waals surface area contributed by atoms with E-state index in [0.717, 1.165) is 48.6 Å². The van der Waals surface area contributed by atoms with Gasteiger partial charge in [-0.2, -0.15) is 0 Å². The van der Waals surface area contributed by atoms with E-state index in [4.69, 9.17) is 15.0 Å². The fraction of sp³-hybridized carbons (Fsp3) is 0.720. The highest BCUT2D eigenvalue weighted by Gasteiger charge is 2.26. The molecule has 2 fully saturated rings. The van der Waals surface area contributed by atoms with Crippen LogP contribution in [0.4, 0.5) is 11.8 Å². The molecule has 3 heterocycles. The molecule has 6 nitrogen and oxygen atoms in total. The smallest absolute Gasteiger partial charge is 0.223 e. The Hall–Kier alpha value is -1.95. The lowest BCUT2D eigenvalue weighted by Crippen LogP contribution is -2.45. The van der Waals surface area contributed by atoms with Crippen LogP contribution in [0.15, 0.2) is 12.4 Å². The molecule has 1 unspecified atom stereocenters. The van der Waals surface area contributed by atoms with Gasteiger partial charge in [-0.1, -0.05) is 32.6 Å². The Balaban J connectivity index is 1.72. The summed E-state index contributed by atoms with van der Waals surface area (Å²) in [7, 11) is 4.37. The van der Waals surface area contributed by atoms with Gasteiger partial charge in [0.05, 0.1) is 10.9 Å². The number of likely N-dealkylation sites (N-methyl/N-ethyl adjacent to an activating group) is 1. The van der Waals surface area contributed by atoms with Crippen LogP contribution in [0.1, 0.15) is 83.1 Å². The molecule has 1 aliphatic heterocycles. The molecule has 0 bridgehead atoms. The Labute approximate surface area is 187 Å². The molecular weight excluding hydrogens is 384 g/mol. The second kappa shape index (κ2) is 10.1. The standard InChI is InChI=1S/C25H40N6/c1-5-10-18(2)28-25-27-16-22-23(29-25)21(19-11-7-6-8-12-19)15-26-24(22)31-14-9-13-20(17-31)30(3)4/h15-16,18-20H,5-14,17H2,1-4H3,(H,27,28,29)/t18?,20-/m0/s1. The van der Waals surface area contributed by atoms with E-state index in [1.54, 1.807) is 0 Å². The summed E-state index contributed by atoms with van der Waals surface area (Å²) in [5.41, 5.74) is 2.44. The van der Waals surface area contributed by atoms with Gasteiger partial charge in [0.15, 0.2) is 0 Å². The van der Waals surface area contributed by atoms with Crippen molar-refractivity contribution in [3.05, 3.63) is 18.0 Å².